The molecule has 0 unspecified atom stereocenters. The van der Waals surface area contributed by atoms with Gasteiger partial charge in [0.1, 0.15) is 13.2 Å². The van der Waals surface area contributed by atoms with Gasteiger partial charge in [-0.05, 0) is 22.3 Å². The Labute approximate surface area is 123 Å². The van der Waals surface area contributed by atoms with Crippen molar-refractivity contribution in [2.45, 2.75) is 5.92 Å². The molecule has 0 saturated heterocycles. The van der Waals surface area contributed by atoms with Gasteiger partial charge >= 0.3 is 5.97 Å². The molecule has 0 atom stereocenters. The third kappa shape index (κ3) is 2.32. The van der Waals surface area contributed by atoms with Gasteiger partial charge in [-0.1, -0.05) is 61.3 Å². The summed E-state index contributed by atoms with van der Waals surface area (Å²) in [4.78, 5) is 11.5. The molecule has 0 aromatic heterocycles. The third-order valence-corrected chi connectivity index (χ3v) is 3.76. The summed E-state index contributed by atoms with van der Waals surface area (Å²) in [6.45, 7) is 0.474. The first-order valence-corrected chi connectivity index (χ1v) is 6.97. The number of thiol groups is 1. The first-order chi connectivity index (χ1) is 9.81. The van der Waals surface area contributed by atoms with Crippen molar-refractivity contribution in [1.29, 1.82) is 0 Å². The average molecular weight is 285 g/mol. The monoisotopic (exact) mass is 285 g/mol. The quantitative estimate of drug-likeness (QED) is 0.670. The van der Waals surface area contributed by atoms with Crippen LogP contribution < -0.4 is 4.72 Å². The van der Waals surface area contributed by atoms with Gasteiger partial charge in [0.25, 0.3) is 0 Å². The van der Waals surface area contributed by atoms with Crippen LogP contribution in [0.1, 0.15) is 17.0 Å². The number of ether oxygens (including phenoxy) is 1. The van der Waals surface area contributed by atoms with Crippen LogP contribution >= 0.6 is 12.8 Å². The standard InChI is InChI=1S/C16H15NO2S/c18-16(9-17-20)19-10-15-13-7-3-1-5-11(13)12-6-2-4-8-14(12)15/h1-8,15,17,20H,9-10H2. The van der Waals surface area contributed by atoms with Gasteiger partial charge in [-0.2, -0.15) is 0 Å². The fourth-order valence-electron chi connectivity index (χ4n) is 2.73. The van der Waals surface area contributed by atoms with Crippen molar-refractivity contribution >= 4 is 18.8 Å². The smallest absolute Gasteiger partial charge is 0.320 e. The van der Waals surface area contributed by atoms with E-state index in [1.165, 1.54) is 22.3 Å². The Kier molecular flexibility index (Phi) is 3.76. The Morgan fingerprint density at radius 3 is 2.15 bits per heavy atom. The molecular formula is C16H15NO2S. The Morgan fingerprint density at radius 1 is 1.05 bits per heavy atom. The van der Waals surface area contributed by atoms with Crippen LogP contribution in [0.15, 0.2) is 48.5 Å². The van der Waals surface area contributed by atoms with Gasteiger partial charge < -0.3 is 4.74 Å². The van der Waals surface area contributed by atoms with E-state index in [4.69, 9.17) is 4.74 Å². The van der Waals surface area contributed by atoms with Crippen molar-refractivity contribution in [2.24, 2.45) is 0 Å². The van der Waals surface area contributed by atoms with E-state index in [0.29, 0.717) is 6.61 Å². The number of benzene rings is 2. The van der Waals surface area contributed by atoms with Crippen LogP contribution in [-0.4, -0.2) is 19.1 Å². The van der Waals surface area contributed by atoms with Crippen LogP contribution in [-0.2, 0) is 9.53 Å². The molecule has 4 heteroatoms. The molecule has 1 aliphatic rings. The Hall–Kier alpha value is -1.78. The van der Waals surface area contributed by atoms with Gasteiger partial charge in [-0.25, -0.2) is 0 Å². The van der Waals surface area contributed by atoms with Crippen molar-refractivity contribution < 1.29 is 9.53 Å². The van der Waals surface area contributed by atoms with Gasteiger partial charge in [-0.3, -0.25) is 9.52 Å². The fourth-order valence-corrected chi connectivity index (χ4v) is 2.86. The first kappa shape index (κ1) is 13.2. The number of carbonyl (C=O) groups is 1. The summed E-state index contributed by atoms with van der Waals surface area (Å²) in [5.41, 5.74) is 4.91. The zero-order valence-corrected chi connectivity index (χ0v) is 11.8. The summed E-state index contributed by atoms with van der Waals surface area (Å²) in [5, 5.41) is 0. The Balaban J connectivity index is 1.89. The van der Waals surface area contributed by atoms with Gasteiger partial charge in [0, 0.05) is 5.92 Å². The van der Waals surface area contributed by atoms with Crippen LogP contribution in [0.2, 0.25) is 0 Å². The summed E-state index contributed by atoms with van der Waals surface area (Å²) >= 11 is 3.80. The summed E-state index contributed by atoms with van der Waals surface area (Å²) in [7, 11) is 0. The fraction of sp³-hybridized carbons (Fsp3) is 0.188. The van der Waals surface area contributed by atoms with Crippen LogP contribution in [0, 0.1) is 0 Å². The highest BCUT2D eigenvalue weighted by atomic mass is 32.1. The molecule has 0 heterocycles. The van der Waals surface area contributed by atoms with Crippen molar-refractivity contribution in [3.8, 4) is 11.1 Å². The van der Waals surface area contributed by atoms with Gasteiger partial charge in [0.05, 0.1) is 0 Å². The molecule has 0 fully saturated rings. The number of fused-ring (bicyclic) bond motifs is 3. The van der Waals surface area contributed by atoms with Crippen LogP contribution in [0.5, 0.6) is 0 Å². The number of carbonyl (C=O) groups excluding carboxylic acids is 1. The summed E-state index contributed by atoms with van der Waals surface area (Å²) < 4.78 is 7.83. The topological polar surface area (TPSA) is 38.3 Å². The minimum atomic E-state index is -0.290. The molecule has 0 radical (unpaired) electrons. The van der Waals surface area contributed by atoms with E-state index < -0.39 is 0 Å². The Morgan fingerprint density at radius 2 is 1.60 bits per heavy atom. The van der Waals surface area contributed by atoms with Crippen molar-refractivity contribution in [3.05, 3.63) is 59.7 Å². The number of nitrogens with one attached hydrogen (secondary N) is 1. The van der Waals surface area contributed by atoms with Crippen LogP contribution in [0.4, 0.5) is 0 Å². The van der Waals surface area contributed by atoms with E-state index in [1.807, 2.05) is 24.3 Å². The maximum atomic E-state index is 11.5. The molecule has 0 aliphatic heterocycles. The molecule has 3 rings (SSSR count). The normalized spacial score (nSPS) is 12.8. The molecule has 0 amide bonds. The third-order valence-electron chi connectivity index (χ3n) is 3.60. The second-order valence-electron chi connectivity index (χ2n) is 4.74. The van der Waals surface area contributed by atoms with Crippen molar-refractivity contribution in [2.75, 3.05) is 13.2 Å². The minimum Gasteiger partial charge on any atom is -0.464 e. The molecule has 102 valence electrons. The zero-order chi connectivity index (χ0) is 13.9. The van der Waals surface area contributed by atoms with Crippen LogP contribution in [0.25, 0.3) is 11.1 Å². The highest BCUT2D eigenvalue weighted by molar-refractivity contribution is 7.78. The minimum absolute atomic E-state index is 0.110. The lowest BCUT2D eigenvalue weighted by Gasteiger charge is -2.13. The van der Waals surface area contributed by atoms with Crippen molar-refractivity contribution in [1.82, 2.24) is 4.72 Å². The van der Waals surface area contributed by atoms with Gasteiger partial charge in [0.2, 0.25) is 0 Å². The summed E-state index contributed by atoms with van der Waals surface area (Å²) in [5.74, 6) is -0.173. The lowest BCUT2D eigenvalue weighted by molar-refractivity contribution is -0.142. The van der Waals surface area contributed by atoms with E-state index in [9.17, 15) is 4.79 Å². The molecule has 1 N–H and O–H groups in total. The first-order valence-electron chi connectivity index (χ1n) is 6.52. The second kappa shape index (κ2) is 5.69. The molecule has 0 spiro atoms. The predicted octanol–water partition coefficient (Wildman–Crippen LogP) is 2.78. The molecule has 3 nitrogen and oxygen atoms in total. The van der Waals surface area contributed by atoms with E-state index in [0.717, 1.165) is 0 Å². The average Bonchev–Trinajstić information content (AvgIpc) is 2.80. The number of esters is 1. The number of rotatable bonds is 4. The second-order valence-corrected chi connectivity index (χ2v) is 5.06. The number of hydrogen-bond donors (Lipinski definition) is 2. The van der Waals surface area contributed by atoms with E-state index in [-0.39, 0.29) is 18.4 Å². The molecule has 2 aromatic carbocycles. The van der Waals surface area contributed by atoms with E-state index >= 15 is 0 Å². The van der Waals surface area contributed by atoms with Crippen molar-refractivity contribution in [3.63, 3.8) is 0 Å². The SMILES string of the molecule is O=C(CNS)OCC1c2ccccc2-c2ccccc21. The summed E-state index contributed by atoms with van der Waals surface area (Å²) in [6, 6.07) is 16.6. The highest BCUT2D eigenvalue weighted by Gasteiger charge is 2.28. The lowest BCUT2D eigenvalue weighted by Crippen LogP contribution is -2.20. The van der Waals surface area contributed by atoms with Crippen LogP contribution in [0.3, 0.4) is 0 Å². The maximum Gasteiger partial charge on any atom is 0.320 e. The molecule has 2 aromatic rings. The Bertz CT molecular complexity index is 596. The predicted molar refractivity (Wildman–Crippen MR) is 81.7 cm³/mol. The summed E-state index contributed by atoms with van der Waals surface area (Å²) in [6.07, 6.45) is 0. The van der Waals surface area contributed by atoms with Gasteiger partial charge in [-0.15, -0.1) is 0 Å². The molecule has 1 aliphatic carbocycles. The van der Waals surface area contributed by atoms with E-state index in [1.54, 1.807) is 0 Å². The van der Waals surface area contributed by atoms with E-state index in [2.05, 4.69) is 41.8 Å². The highest BCUT2D eigenvalue weighted by Crippen LogP contribution is 2.44. The molecule has 0 bridgehead atoms. The van der Waals surface area contributed by atoms with Gasteiger partial charge in [0.15, 0.2) is 0 Å². The molecule has 0 saturated carbocycles. The largest absolute Gasteiger partial charge is 0.464 e. The molecular weight excluding hydrogens is 270 g/mol. The molecule has 20 heavy (non-hydrogen) atoms. The zero-order valence-electron chi connectivity index (χ0n) is 10.9. The lowest BCUT2D eigenvalue weighted by atomic mass is 9.98. The maximum absolute atomic E-state index is 11.5. The number of hydrogen-bond acceptors (Lipinski definition) is 4.